The largest absolute Gasteiger partial charge is 0.362 e. The van der Waals surface area contributed by atoms with Crippen LogP contribution in [0.5, 0.6) is 0 Å². The Bertz CT molecular complexity index is 3350. The highest BCUT2D eigenvalue weighted by atomic mass is 127. The molecule has 5 heterocycles. The first-order valence-corrected chi connectivity index (χ1v) is 29.8. The van der Waals surface area contributed by atoms with E-state index in [-0.39, 0.29) is 0 Å². The summed E-state index contributed by atoms with van der Waals surface area (Å²) in [6, 6.07) is 29.0. The molecule has 0 aliphatic carbocycles. The van der Waals surface area contributed by atoms with Crippen molar-refractivity contribution in [3.05, 3.63) is 204 Å². The summed E-state index contributed by atoms with van der Waals surface area (Å²) in [7, 11) is -5.37. The van der Waals surface area contributed by atoms with Gasteiger partial charge >= 0.3 is 7.60 Å². The molecule has 0 saturated carbocycles. The molecule has 4 aromatic carbocycles. The lowest BCUT2D eigenvalue weighted by Gasteiger charge is -2.32. The van der Waals surface area contributed by atoms with Crippen LogP contribution in [-0.4, -0.2) is 42.1 Å². The summed E-state index contributed by atoms with van der Waals surface area (Å²) in [4.78, 5) is 22.0. The molecule has 5 aliphatic rings. The van der Waals surface area contributed by atoms with Crippen molar-refractivity contribution >= 4 is 88.7 Å². The van der Waals surface area contributed by atoms with Gasteiger partial charge in [-0.15, -0.1) is 5.54 Å². The molecule has 0 aromatic heterocycles. The molecular weight excluding hydrogens is 1010 g/mol. The van der Waals surface area contributed by atoms with Crippen molar-refractivity contribution in [2.75, 3.05) is 0 Å². The average molecular weight is 1070 g/mol. The zero-order valence-corrected chi connectivity index (χ0v) is 46.1. The molecule has 0 atom stereocenters. The van der Waals surface area contributed by atoms with Gasteiger partial charge in [-0.3, -0.25) is 13.6 Å². The Kier molecular flexibility index (Phi) is 13.1. The smallest absolute Gasteiger partial charge is 0.299 e. The van der Waals surface area contributed by atoms with E-state index in [2.05, 4.69) is 184 Å². The minimum Gasteiger partial charge on any atom is -0.299 e. The molecule has 0 saturated heterocycles. The minimum atomic E-state index is -3.77. The molecule has 70 heavy (non-hydrogen) atoms. The monoisotopic (exact) mass is 1070 g/mol. The summed E-state index contributed by atoms with van der Waals surface area (Å²) in [6.45, 7) is 24.6. The van der Waals surface area contributed by atoms with Crippen LogP contribution in [0, 0.1) is 35.8 Å². The Morgan fingerprint density at radius 1 is 0.514 bits per heavy atom. The second kappa shape index (κ2) is 18.7. The van der Waals surface area contributed by atoms with Gasteiger partial charge in [0.1, 0.15) is 8.07 Å². The second-order valence-corrected chi connectivity index (χ2v) is 29.0. The number of hydrogen-bond donors (Lipinski definition) is 0. The van der Waals surface area contributed by atoms with Gasteiger partial charge in [0.15, 0.2) is 0 Å². The summed E-state index contributed by atoms with van der Waals surface area (Å²) in [5, 5.41) is 0.466. The normalized spacial score (nSPS) is 16.9. The van der Waals surface area contributed by atoms with Gasteiger partial charge in [-0.25, -0.2) is 20.0 Å². The van der Waals surface area contributed by atoms with E-state index in [4.69, 9.17) is 29.0 Å². The Hall–Kier alpha value is -5.86. The number of aliphatic imine (C=N–C) groups is 4. The first-order chi connectivity index (χ1) is 33.0. The predicted molar refractivity (Wildman–Crippen MR) is 306 cm³/mol. The van der Waals surface area contributed by atoms with Crippen LogP contribution in [0.25, 0.3) is 22.3 Å². The van der Waals surface area contributed by atoms with E-state index in [9.17, 15) is 4.57 Å². The van der Waals surface area contributed by atoms with E-state index in [1.165, 1.54) is 5.56 Å². The highest BCUT2D eigenvalue weighted by Gasteiger charge is 2.38. The van der Waals surface area contributed by atoms with Gasteiger partial charge in [-0.2, -0.15) is 0 Å². The topological polar surface area (TPSA) is 85.0 Å². The molecule has 0 fully saturated rings. The van der Waals surface area contributed by atoms with Crippen LogP contribution in [0.2, 0.25) is 19.6 Å². The third-order valence-corrected chi connectivity index (χ3v) is 15.8. The van der Waals surface area contributed by atoms with Crippen LogP contribution in [0.1, 0.15) is 86.1 Å². The fraction of sp³-hybridized carbons (Fsp3) is 0.233. The molecule has 9 rings (SSSR count). The zero-order chi connectivity index (χ0) is 49.9. The molecule has 0 spiro atoms. The summed E-state index contributed by atoms with van der Waals surface area (Å²) in [5.74, 6) is 3.43. The van der Waals surface area contributed by atoms with Gasteiger partial charge in [0.25, 0.3) is 0 Å². The molecule has 5 aliphatic heterocycles. The van der Waals surface area contributed by atoms with E-state index >= 15 is 0 Å². The van der Waals surface area contributed by atoms with Gasteiger partial charge in [0.2, 0.25) is 0 Å². The van der Waals surface area contributed by atoms with E-state index in [1.54, 1.807) is 0 Å². The van der Waals surface area contributed by atoms with Crippen molar-refractivity contribution in [3.8, 4) is 11.5 Å². The predicted octanol–water partition coefficient (Wildman–Crippen LogP) is 14.9. The lowest BCUT2D eigenvalue weighted by atomic mass is 9.90. The third kappa shape index (κ3) is 10.6. The van der Waals surface area contributed by atoms with Crippen molar-refractivity contribution in [2.24, 2.45) is 20.0 Å². The first-order valence-electron chi connectivity index (χ1n) is 23.7. The molecule has 0 unspecified atom stereocenters. The van der Waals surface area contributed by atoms with Crippen LogP contribution in [0.4, 0.5) is 0 Å². The average Bonchev–Trinajstić information content (AvgIpc) is 4.12. The molecule has 10 heteroatoms. The van der Waals surface area contributed by atoms with E-state index in [0.717, 1.165) is 110 Å². The molecule has 352 valence electrons. The molecule has 7 nitrogen and oxygen atoms in total. The maximum atomic E-state index is 14.7. The number of rotatable bonds is 7. The van der Waals surface area contributed by atoms with Crippen LogP contribution < -0.4 is 5.30 Å². The number of aryl methyl sites for hydroxylation is 3. The van der Waals surface area contributed by atoms with Crippen LogP contribution in [0.3, 0.4) is 0 Å². The summed E-state index contributed by atoms with van der Waals surface area (Å²) >= 11 is 2.35. The van der Waals surface area contributed by atoms with Crippen LogP contribution >= 0.6 is 30.2 Å². The van der Waals surface area contributed by atoms with Crippen LogP contribution in [-0.2, 0) is 13.6 Å². The Balaban J connectivity index is 1.32. The van der Waals surface area contributed by atoms with E-state index < -0.39 is 26.9 Å². The van der Waals surface area contributed by atoms with Gasteiger partial charge < -0.3 is 0 Å². The third-order valence-electron chi connectivity index (χ3n) is 11.7. The second-order valence-electron chi connectivity index (χ2n) is 21.2. The fourth-order valence-electron chi connectivity index (χ4n) is 9.06. The van der Waals surface area contributed by atoms with Gasteiger partial charge in [-0.05, 0) is 203 Å². The molecule has 0 radical (unpaired) electrons. The number of benzene rings is 4. The maximum absolute atomic E-state index is 14.7. The van der Waals surface area contributed by atoms with Crippen molar-refractivity contribution in [1.29, 1.82) is 0 Å². The Morgan fingerprint density at radius 2 is 0.871 bits per heavy atom. The van der Waals surface area contributed by atoms with E-state index in [0.29, 0.717) is 5.30 Å². The summed E-state index contributed by atoms with van der Waals surface area (Å²) in [5.41, 5.74) is 20.3. The van der Waals surface area contributed by atoms with Gasteiger partial charge in [0.05, 0.1) is 62.1 Å². The highest BCUT2D eigenvalue weighted by molar-refractivity contribution is 14.1. The lowest BCUT2D eigenvalue weighted by molar-refractivity contribution is 0.0548. The van der Waals surface area contributed by atoms with Crippen molar-refractivity contribution in [1.82, 2.24) is 0 Å². The first kappa shape index (κ1) is 49.1. The van der Waals surface area contributed by atoms with E-state index in [1.807, 2.05) is 65.8 Å². The van der Waals surface area contributed by atoms with Crippen molar-refractivity contribution in [2.45, 2.75) is 93.2 Å². The molecule has 8 bridgehead atoms. The zero-order valence-electron chi connectivity index (χ0n) is 42.0. The SMILES string of the molecule is Cc1cc(C)c(C2=C3C=CC(=N3)C(c3ccc(I)cc3)=C3C=CC(=N3)C(c3ccc(P(=O)(OC(C)(C)C)OC(C)(C)C)cc3)=C3C=CC(=N3)C(c3ccc(C#C[Si](C)(C)C)cc3)=C3C=CC2=N3)c(C)c1. The lowest BCUT2D eigenvalue weighted by Crippen LogP contribution is -2.28. The van der Waals surface area contributed by atoms with Gasteiger partial charge in [-0.1, -0.05) is 79.7 Å². The Labute approximate surface area is 428 Å². The number of halogens is 1. The quantitative estimate of drug-likeness (QED) is 0.0800. The minimum absolute atomic E-state index is 0.466. The maximum Gasteiger partial charge on any atom is 0.362 e. The van der Waals surface area contributed by atoms with Crippen molar-refractivity contribution < 1.29 is 13.6 Å². The summed E-state index contributed by atoms with van der Waals surface area (Å²) < 4.78 is 28.3. The molecule has 4 aromatic rings. The standard InChI is InChI=1S/C60H58IN4O3PSi/c1-37-35-38(2)54(39(3)36-37)58-52-31-29-50(64-52)55(41-15-13-40(14-16-41)33-34-70(10,11)12)46-25-27-48(62-46)57(43-19-23-45(24-20-43)69(66,67-59(4,5)6)68-60(7,8)9)49-28-26-47(63-49)56(51-30-32-53(58)65-51)42-17-21-44(61)22-18-42/h13-32,35-36H,1-12H3. The number of nitrogens with zero attached hydrogens (tertiary/aromatic N) is 4. The molecule has 0 N–H and O–H groups in total. The summed E-state index contributed by atoms with van der Waals surface area (Å²) in [6.07, 6.45) is 16.7. The van der Waals surface area contributed by atoms with Crippen LogP contribution in [0.15, 0.2) is 176 Å². The molecule has 0 amide bonds. The fourth-order valence-corrected chi connectivity index (χ4v) is 12.1. The molecular formula is C60H58IN4O3PSi. The highest BCUT2D eigenvalue weighted by Crippen LogP contribution is 2.53. The van der Waals surface area contributed by atoms with Crippen molar-refractivity contribution in [3.63, 3.8) is 0 Å². The number of allylic oxidation sites excluding steroid dienone is 12. The number of fused-ring (bicyclic) bond motifs is 4. The Morgan fingerprint density at radius 3 is 1.26 bits per heavy atom. The van der Waals surface area contributed by atoms with Gasteiger partial charge in [0, 0.05) is 31.4 Å². The number of hydrogen-bond acceptors (Lipinski definition) is 7.